The third kappa shape index (κ3) is 4.32. The fourth-order valence-corrected chi connectivity index (χ4v) is 4.30. The van der Waals surface area contributed by atoms with Crippen molar-refractivity contribution in [2.45, 2.75) is 19.9 Å². The van der Waals surface area contributed by atoms with Crippen molar-refractivity contribution in [1.29, 1.82) is 0 Å². The maximum absolute atomic E-state index is 12.9. The number of benzene rings is 2. The molecule has 1 amide bonds. The Bertz CT molecular complexity index is 913. The zero-order valence-electron chi connectivity index (χ0n) is 16.2. The molecule has 4 rings (SSSR count). The number of amides is 1. The Morgan fingerprint density at radius 2 is 1.68 bits per heavy atom. The Labute approximate surface area is 170 Å². The number of carbonyl (C=O) groups excluding carboxylic acids is 1. The number of hydrogen-bond donors (Lipinski definition) is 0. The van der Waals surface area contributed by atoms with E-state index < -0.39 is 0 Å². The van der Waals surface area contributed by atoms with Crippen LogP contribution in [0.5, 0.6) is 0 Å². The molecule has 144 valence electrons. The van der Waals surface area contributed by atoms with Crippen LogP contribution in [0, 0.1) is 0 Å². The Hall–Kier alpha value is -2.50. The maximum atomic E-state index is 12.9. The fraction of sp³-hybridized carbons (Fsp3) is 0.304. The average molecular weight is 392 g/mol. The smallest absolute Gasteiger partial charge is 0.273 e. The molecular weight excluding hydrogens is 366 g/mol. The number of aryl methyl sites for hydroxylation is 1. The van der Waals surface area contributed by atoms with Gasteiger partial charge in [-0.25, -0.2) is 4.98 Å². The van der Waals surface area contributed by atoms with Crippen LogP contribution >= 0.6 is 11.3 Å². The van der Waals surface area contributed by atoms with Crippen molar-refractivity contribution in [2.75, 3.05) is 26.2 Å². The summed E-state index contributed by atoms with van der Waals surface area (Å²) >= 11 is 1.54. The molecule has 1 fully saturated rings. The molecular formula is C23H25N3OS. The van der Waals surface area contributed by atoms with Gasteiger partial charge in [0.1, 0.15) is 10.7 Å². The van der Waals surface area contributed by atoms with Gasteiger partial charge >= 0.3 is 0 Å². The first-order valence-electron chi connectivity index (χ1n) is 9.83. The van der Waals surface area contributed by atoms with Gasteiger partial charge in [0.2, 0.25) is 0 Å². The first-order chi connectivity index (χ1) is 13.7. The number of carbonyl (C=O) groups is 1. The van der Waals surface area contributed by atoms with Gasteiger partial charge in [0.25, 0.3) is 5.91 Å². The minimum atomic E-state index is 0.0482. The lowest BCUT2D eigenvalue weighted by Gasteiger charge is -2.34. The third-order valence-corrected chi connectivity index (χ3v) is 6.13. The fourth-order valence-electron chi connectivity index (χ4n) is 3.50. The van der Waals surface area contributed by atoms with Crippen LogP contribution in [0.25, 0.3) is 10.6 Å². The molecule has 0 unspecified atom stereocenters. The van der Waals surface area contributed by atoms with Crippen LogP contribution in [0.3, 0.4) is 0 Å². The van der Waals surface area contributed by atoms with E-state index in [2.05, 4.69) is 65.3 Å². The Morgan fingerprint density at radius 3 is 2.36 bits per heavy atom. The molecule has 1 aliphatic rings. The van der Waals surface area contributed by atoms with Crippen molar-refractivity contribution in [3.05, 3.63) is 76.8 Å². The van der Waals surface area contributed by atoms with Crippen LogP contribution < -0.4 is 0 Å². The molecule has 0 bridgehead atoms. The highest BCUT2D eigenvalue weighted by Crippen LogP contribution is 2.25. The van der Waals surface area contributed by atoms with Crippen LogP contribution in [0.4, 0.5) is 0 Å². The molecule has 0 radical (unpaired) electrons. The molecule has 0 aliphatic carbocycles. The lowest BCUT2D eigenvalue weighted by molar-refractivity contribution is 0.0623. The summed E-state index contributed by atoms with van der Waals surface area (Å²) in [5.41, 5.74) is 4.27. The monoisotopic (exact) mass is 391 g/mol. The zero-order valence-corrected chi connectivity index (χ0v) is 17.0. The Morgan fingerprint density at radius 1 is 0.964 bits per heavy atom. The van der Waals surface area contributed by atoms with E-state index >= 15 is 0 Å². The predicted molar refractivity (Wildman–Crippen MR) is 115 cm³/mol. The topological polar surface area (TPSA) is 36.4 Å². The summed E-state index contributed by atoms with van der Waals surface area (Å²) in [6, 6.07) is 18.9. The second kappa shape index (κ2) is 8.67. The Kier molecular flexibility index (Phi) is 5.84. The summed E-state index contributed by atoms with van der Waals surface area (Å²) in [4.78, 5) is 21.8. The van der Waals surface area contributed by atoms with Gasteiger partial charge in [0.05, 0.1) is 0 Å². The number of piperazine rings is 1. The molecule has 3 aromatic rings. The van der Waals surface area contributed by atoms with Crippen LogP contribution in [0.1, 0.15) is 28.5 Å². The summed E-state index contributed by atoms with van der Waals surface area (Å²) in [6.45, 7) is 6.39. The summed E-state index contributed by atoms with van der Waals surface area (Å²) < 4.78 is 0. The van der Waals surface area contributed by atoms with Crippen molar-refractivity contribution in [3.63, 3.8) is 0 Å². The first kappa shape index (κ1) is 18.8. The number of thiazole rings is 1. The van der Waals surface area contributed by atoms with Crippen molar-refractivity contribution in [1.82, 2.24) is 14.8 Å². The molecule has 5 heteroatoms. The van der Waals surface area contributed by atoms with E-state index in [0.717, 1.165) is 49.7 Å². The molecule has 1 saturated heterocycles. The second-order valence-corrected chi connectivity index (χ2v) is 8.00. The van der Waals surface area contributed by atoms with Gasteiger partial charge in [-0.1, -0.05) is 61.5 Å². The Balaban J connectivity index is 1.36. The minimum Gasteiger partial charge on any atom is -0.335 e. The van der Waals surface area contributed by atoms with Crippen LogP contribution in [0.15, 0.2) is 60.0 Å². The number of nitrogens with zero attached hydrogens (tertiary/aromatic N) is 3. The maximum Gasteiger partial charge on any atom is 0.273 e. The largest absolute Gasteiger partial charge is 0.335 e. The molecule has 0 atom stereocenters. The molecule has 0 N–H and O–H groups in total. The van der Waals surface area contributed by atoms with Gasteiger partial charge in [-0.3, -0.25) is 9.69 Å². The molecule has 28 heavy (non-hydrogen) atoms. The van der Waals surface area contributed by atoms with Gasteiger partial charge in [-0.15, -0.1) is 11.3 Å². The SMILES string of the molecule is CCc1ccc(-c2nc(C(=O)N3CCN(Cc4ccccc4)CC3)cs2)cc1. The molecule has 4 nitrogen and oxygen atoms in total. The van der Waals surface area contributed by atoms with Gasteiger partial charge in [-0.2, -0.15) is 0 Å². The molecule has 2 aromatic carbocycles. The van der Waals surface area contributed by atoms with Crippen molar-refractivity contribution in [2.24, 2.45) is 0 Å². The van der Waals surface area contributed by atoms with Crippen LogP contribution in [-0.4, -0.2) is 46.9 Å². The second-order valence-electron chi connectivity index (χ2n) is 7.14. The average Bonchev–Trinajstić information content (AvgIpc) is 3.25. The van der Waals surface area contributed by atoms with Gasteiger partial charge in [-0.05, 0) is 17.5 Å². The van der Waals surface area contributed by atoms with E-state index in [1.54, 1.807) is 11.3 Å². The standard InChI is InChI=1S/C23H25N3OS/c1-2-18-8-10-20(11-9-18)22-24-21(17-28-22)23(27)26-14-12-25(13-15-26)16-19-6-4-3-5-7-19/h3-11,17H,2,12-16H2,1H3. The normalized spacial score (nSPS) is 15.0. The van der Waals surface area contributed by atoms with E-state index in [0.29, 0.717) is 5.69 Å². The third-order valence-electron chi connectivity index (χ3n) is 5.24. The highest BCUT2D eigenvalue weighted by atomic mass is 32.1. The summed E-state index contributed by atoms with van der Waals surface area (Å²) in [5.74, 6) is 0.0482. The lowest BCUT2D eigenvalue weighted by Crippen LogP contribution is -2.48. The van der Waals surface area contributed by atoms with Gasteiger partial charge < -0.3 is 4.90 Å². The van der Waals surface area contributed by atoms with Crippen molar-refractivity contribution < 1.29 is 4.79 Å². The van der Waals surface area contributed by atoms with E-state index in [-0.39, 0.29) is 5.91 Å². The zero-order chi connectivity index (χ0) is 19.3. The highest BCUT2D eigenvalue weighted by molar-refractivity contribution is 7.13. The van der Waals surface area contributed by atoms with E-state index in [4.69, 9.17) is 0 Å². The molecule has 2 heterocycles. The number of rotatable bonds is 5. The molecule has 0 saturated carbocycles. The summed E-state index contributed by atoms with van der Waals surface area (Å²) in [6.07, 6.45) is 1.03. The minimum absolute atomic E-state index is 0.0482. The van der Waals surface area contributed by atoms with Crippen LogP contribution in [-0.2, 0) is 13.0 Å². The predicted octanol–water partition coefficient (Wildman–Crippen LogP) is 4.33. The summed E-state index contributed by atoms with van der Waals surface area (Å²) in [7, 11) is 0. The van der Waals surface area contributed by atoms with Gasteiger partial charge in [0, 0.05) is 43.7 Å². The van der Waals surface area contributed by atoms with E-state index in [1.807, 2.05) is 16.3 Å². The van der Waals surface area contributed by atoms with Crippen LogP contribution in [0.2, 0.25) is 0 Å². The molecule has 0 spiro atoms. The van der Waals surface area contributed by atoms with Crippen molar-refractivity contribution in [3.8, 4) is 10.6 Å². The first-order valence-corrected chi connectivity index (χ1v) is 10.7. The molecule has 1 aliphatic heterocycles. The van der Waals surface area contributed by atoms with E-state index in [1.165, 1.54) is 11.1 Å². The number of aromatic nitrogens is 1. The van der Waals surface area contributed by atoms with E-state index in [9.17, 15) is 4.79 Å². The summed E-state index contributed by atoms with van der Waals surface area (Å²) in [5, 5.41) is 2.80. The highest BCUT2D eigenvalue weighted by Gasteiger charge is 2.24. The van der Waals surface area contributed by atoms with Gasteiger partial charge in [0.15, 0.2) is 0 Å². The number of hydrogen-bond acceptors (Lipinski definition) is 4. The molecule has 1 aromatic heterocycles. The van der Waals surface area contributed by atoms with Crippen molar-refractivity contribution >= 4 is 17.2 Å². The lowest BCUT2D eigenvalue weighted by atomic mass is 10.1. The quantitative estimate of drug-likeness (QED) is 0.649.